The van der Waals surface area contributed by atoms with Crippen LogP contribution in [-0.2, 0) is 20.0 Å². The fourth-order valence-electron chi connectivity index (χ4n) is 3.78. The van der Waals surface area contributed by atoms with Crippen molar-refractivity contribution in [2.24, 2.45) is 13.0 Å². The highest BCUT2D eigenvalue weighted by atomic mass is 16.5. The number of aryl methyl sites for hydroxylation is 1. The summed E-state index contributed by atoms with van der Waals surface area (Å²) in [5.41, 5.74) is 1.85. The van der Waals surface area contributed by atoms with E-state index in [0.717, 1.165) is 43.7 Å². The quantitative estimate of drug-likeness (QED) is 0.807. The number of rotatable bonds is 7. The van der Waals surface area contributed by atoms with Crippen LogP contribution in [0.5, 0.6) is 0 Å². The van der Waals surface area contributed by atoms with Gasteiger partial charge in [-0.05, 0) is 43.9 Å². The standard InChI is InChI=1S/C20H31N5O2/c1-14(2)8-11-18-22-19(27-23-18)13-25-12-6-5-7-16(25)15-9-10-17(24(15)4)20(26)21-3/h9-10,14,16H,5-8,11-13H2,1-4H3,(H,21,26)/t16-/m1/s1. The molecule has 1 amide bonds. The van der Waals surface area contributed by atoms with Gasteiger partial charge in [-0.1, -0.05) is 25.4 Å². The Bertz CT molecular complexity index is 764. The number of nitrogens with one attached hydrogen (secondary N) is 1. The molecule has 1 saturated heterocycles. The van der Waals surface area contributed by atoms with Crippen molar-refractivity contribution in [1.29, 1.82) is 0 Å². The fraction of sp³-hybridized carbons (Fsp3) is 0.650. The lowest BCUT2D eigenvalue weighted by Crippen LogP contribution is -2.34. The monoisotopic (exact) mass is 373 g/mol. The Morgan fingerprint density at radius 3 is 2.93 bits per heavy atom. The maximum atomic E-state index is 12.0. The fourth-order valence-corrected chi connectivity index (χ4v) is 3.78. The van der Waals surface area contributed by atoms with Crippen molar-refractivity contribution in [2.75, 3.05) is 13.6 Å². The largest absolute Gasteiger partial charge is 0.354 e. The SMILES string of the molecule is CNC(=O)c1ccc([C@H]2CCCCN2Cc2nc(CCC(C)C)no2)n1C. The molecular weight excluding hydrogens is 342 g/mol. The average molecular weight is 374 g/mol. The minimum absolute atomic E-state index is 0.0576. The van der Waals surface area contributed by atoms with Crippen LogP contribution < -0.4 is 5.32 Å². The van der Waals surface area contributed by atoms with Gasteiger partial charge in [-0.25, -0.2) is 0 Å². The molecule has 0 aromatic carbocycles. The third kappa shape index (κ3) is 4.58. The van der Waals surface area contributed by atoms with Gasteiger partial charge in [-0.15, -0.1) is 0 Å². The van der Waals surface area contributed by atoms with E-state index in [1.807, 2.05) is 17.7 Å². The van der Waals surface area contributed by atoms with E-state index in [-0.39, 0.29) is 11.9 Å². The van der Waals surface area contributed by atoms with Gasteiger partial charge in [0, 0.05) is 26.2 Å². The summed E-state index contributed by atoms with van der Waals surface area (Å²) >= 11 is 0. The van der Waals surface area contributed by atoms with E-state index in [2.05, 4.69) is 40.3 Å². The molecule has 0 bridgehead atoms. The summed E-state index contributed by atoms with van der Waals surface area (Å²) in [6.45, 7) is 6.05. The van der Waals surface area contributed by atoms with Crippen LogP contribution in [-0.4, -0.2) is 39.1 Å². The van der Waals surface area contributed by atoms with Crippen LogP contribution >= 0.6 is 0 Å². The van der Waals surface area contributed by atoms with Crippen LogP contribution in [0.3, 0.4) is 0 Å². The van der Waals surface area contributed by atoms with E-state index in [4.69, 9.17) is 4.52 Å². The number of piperidine rings is 1. The van der Waals surface area contributed by atoms with Crippen molar-refractivity contribution in [1.82, 2.24) is 24.9 Å². The number of carbonyl (C=O) groups is 1. The van der Waals surface area contributed by atoms with Gasteiger partial charge >= 0.3 is 0 Å². The molecule has 2 aromatic rings. The maximum absolute atomic E-state index is 12.0. The molecule has 1 aliphatic heterocycles. The predicted octanol–water partition coefficient (Wildman–Crippen LogP) is 3.08. The van der Waals surface area contributed by atoms with E-state index in [0.29, 0.717) is 24.0 Å². The molecule has 0 radical (unpaired) electrons. The van der Waals surface area contributed by atoms with Gasteiger partial charge in [0.15, 0.2) is 5.82 Å². The second kappa shape index (κ2) is 8.69. The van der Waals surface area contributed by atoms with Crippen LogP contribution in [0, 0.1) is 5.92 Å². The zero-order chi connectivity index (χ0) is 19.4. The van der Waals surface area contributed by atoms with E-state index in [1.165, 1.54) is 6.42 Å². The van der Waals surface area contributed by atoms with Crippen molar-refractivity contribution >= 4 is 5.91 Å². The lowest BCUT2D eigenvalue weighted by Gasteiger charge is -2.35. The third-order valence-electron chi connectivity index (χ3n) is 5.37. The zero-order valence-electron chi connectivity index (χ0n) is 16.9. The van der Waals surface area contributed by atoms with E-state index < -0.39 is 0 Å². The van der Waals surface area contributed by atoms with Crippen LogP contribution in [0.25, 0.3) is 0 Å². The summed E-state index contributed by atoms with van der Waals surface area (Å²) < 4.78 is 7.50. The zero-order valence-corrected chi connectivity index (χ0v) is 16.9. The van der Waals surface area contributed by atoms with Crippen LogP contribution in [0.1, 0.15) is 73.5 Å². The first-order chi connectivity index (χ1) is 13.0. The summed E-state index contributed by atoms with van der Waals surface area (Å²) in [5, 5.41) is 6.84. The Balaban J connectivity index is 1.73. The molecule has 27 heavy (non-hydrogen) atoms. The normalized spacial score (nSPS) is 18.2. The first-order valence-corrected chi connectivity index (χ1v) is 9.92. The molecule has 3 rings (SSSR count). The molecule has 3 heterocycles. The second-order valence-electron chi connectivity index (χ2n) is 7.80. The molecule has 0 unspecified atom stereocenters. The second-order valence-corrected chi connectivity index (χ2v) is 7.80. The summed E-state index contributed by atoms with van der Waals surface area (Å²) in [6, 6.07) is 4.22. The Morgan fingerprint density at radius 1 is 1.37 bits per heavy atom. The number of amides is 1. The van der Waals surface area contributed by atoms with Gasteiger partial charge in [-0.2, -0.15) is 4.98 Å². The Kier molecular flexibility index (Phi) is 6.31. The van der Waals surface area contributed by atoms with Crippen molar-refractivity contribution in [3.8, 4) is 0 Å². The first-order valence-electron chi connectivity index (χ1n) is 9.92. The topological polar surface area (TPSA) is 76.2 Å². The highest BCUT2D eigenvalue weighted by Gasteiger charge is 2.28. The van der Waals surface area contributed by atoms with Gasteiger partial charge in [0.25, 0.3) is 5.91 Å². The van der Waals surface area contributed by atoms with Gasteiger partial charge in [0.05, 0.1) is 12.6 Å². The number of likely N-dealkylation sites (tertiary alicyclic amines) is 1. The van der Waals surface area contributed by atoms with Gasteiger partial charge < -0.3 is 14.4 Å². The van der Waals surface area contributed by atoms with Gasteiger partial charge in [0.2, 0.25) is 5.89 Å². The maximum Gasteiger partial charge on any atom is 0.267 e. The third-order valence-corrected chi connectivity index (χ3v) is 5.37. The molecular formula is C20H31N5O2. The molecule has 2 aromatic heterocycles. The van der Waals surface area contributed by atoms with Gasteiger partial charge in [0.1, 0.15) is 5.69 Å². The van der Waals surface area contributed by atoms with Crippen molar-refractivity contribution < 1.29 is 9.32 Å². The Hall–Kier alpha value is -2.15. The molecule has 0 spiro atoms. The van der Waals surface area contributed by atoms with Crippen LogP contribution in [0.2, 0.25) is 0 Å². The molecule has 1 aliphatic rings. The molecule has 1 atom stereocenters. The summed E-state index contributed by atoms with van der Waals surface area (Å²) in [7, 11) is 3.62. The number of hydrogen-bond donors (Lipinski definition) is 1. The van der Waals surface area contributed by atoms with Gasteiger partial charge in [-0.3, -0.25) is 9.69 Å². The molecule has 0 aliphatic carbocycles. The van der Waals surface area contributed by atoms with E-state index in [1.54, 1.807) is 7.05 Å². The summed E-state index contributed by atoms with van der Waals surface area (Å²) in [6.07, 6.45) is 5.34. The highest BCUT2D eigenvalue weighted by Crippen LogP contribution is 2.32. The molecule has 7 nitrogen and oxygen atoms in total. The predicted molar refractivity (Wildman–Crippen MR) is 103 cm³/mol. The van der Waals surface area contributed by atoms with Crippen LogP contribution in [0.15, 0.2) is 16.7 Å². The lowest BCUT2D eigenvalue weighted by atomic mass is 9.99. The number of aromatic nitrogens is 3. The number of nitrogens with zero attached hydrogens (tertiary/aromatic N) is 4. The minimum atomic E-state index is -0.0576. The first kappa shape index (κ1) is 19.6. The Labute approximate surface area is 161 Å². The highest BCUT2D eigenvalue weighted by molar-refractivity contribution is 5.92. The summed E-state index contributed by atoms with van der Waals surface area (Å²) in [5.74, 6) is 2.05. The summed E-state index contributed by atoms with van der Waals surface area (Å²) in [4.78, 5) is 19.0. The van der Waals surface area contributed by atoms with E-state index >= 15 is 0 Å². The molecule has 0 saturated carbocycles. The number of carbonyl (C=O) groups excluding carboxylic acids is 1. The Morgan fingerprint density at radius 2 is 2.19 bits per heavy atom. The molecule has 7 heteroatoms. The van der Waals surface area contributed by atoms with Crippen LogP contribution in [0.4, 0.5) is 0 Å². The minimum Gasteiger partial charge on any atom is -0.354 e. The molecule has 148 valence electrons. The number of hydrogen-bond acceptors (Lipinski definition) is 5. The smallest absolute Gasteiger partial charge is 0.267 e. The molecule has 1 fully saturated rings. The molecule has 1 N–H and O–H groups in total. The lowest BCUT2D eigenvalue weighted by molar-refractivity contribution is 0.0950. The van der Waals surface area contributed by atoms with Crippen molar-refractivity contribution in [3.05, 3.63) is 35.2 Å². The average Bonchev–Trinajstić information content (AvgIpc) is 3.26. The van der Waals surface area contributed by atoms with Crippen molar-refractivity contribution in [2.45, 2.75) is 58.5 Å². The van der Waals surface area contributed by atoms with Crippen molar-refractivity contribution in [3.63, 3.8) is 0 Å². The van der Waals surface area contributed by atoms with E-state index in [9.17, 15) is 4.79 Å².